The summed E-state index contributed by atoms with van der Waals surface area (Å²) in [4.78, 5) is 12.9. The first-order chi connectivity index (χ1) is 12.1. The number of carbonyl (C=O) groups is 1. The molecule has 2 aromatic carbocycles. The highest BCUT2D eigenvalue weighted by Gasteiger charge is 2.31. The van der Waals surface area contributed by atoms with Crippen molar-refractivity contribution in [1.29, 1.82) is 0 Å². The lowest BCUT2D eigenvalue weighted by Crippen LogP contribution is -2.47. The van der Waals surface area contributed by atoms with Crippen molar-refractivity contribution in [2.24, 2.45) is 0 Å². The van der Waals surface area contributed by atoms with Gasteiger partial charge in [-0.15, -0.1) is 0 Å². The van der Waals surface area contributed by atoms with Gasteiger partial charge in [0.25, 0.3) is 0 Å². The molecule has 1 amide bonds. The molecule has 0 aliphatic rings. The Morgan fingerprint density at radius 3 is 2.27 bits per heavy atom. The van der Waals surface area contributed by atoms with E-state index >= 15 is 0 Å². The Morgan fingerprint density at radius 1 is 1.15 bits per heavy atom. The maximum atomic E-state index is 12.9. The summed E-state index contributed by atoms with van der Waals surface area (Å²) >= 11 is 5.90. The summed E-state index contributed by atoms with van der Waals surface area (Å²) in [5.74, 6) is -0.375. The molecule has 0 heterocycles. The zero-order valence-corrected chi connectivity index (χ0v) is 16.9. The number of nitrogens with zero attached hydrogens (tertiary/aromatic N) is 1. The SMILES string of the molecule is CC[C@H](C(=O)Nc1ccc(C)cc1C)N(c1ccc(Cl)cc1)S(C)(=O)=O. The Balaban J connectivity index is 2.38. The number of anilines is 2. The molecule has 0 aliphatic carbocycles. The topological polar surface area (TPSA) is 66.5 Å². The van der Waals surface area contributed by atoms with Crippen LogP contribution in [-0.2, 0) is 14.8 Å². The van der Waals surface area contributed by atoms with Crippen LogP contribution in [0.4, 0.5) is 11.4 Å². The lowest BCUT2D eigenvalue weighted by molar-refractivity contribution is -0.117. The number of sulfonamides is 1. The highest BCUT2D eigenvalue weighted by Crippen LogP contribution is 2.25. The molecule has 0 unspecified atom stereocenters. The zero-order chi connectivity index (χ0) is 19.5. The number of aryl methyl sites for hydroxylation is 2. The molecule has 0 bridgehead atoms. The van der Waals surface area contributed by atoms with E-state index in [0.29, 0.717) is 22.8 Å². The largest absolute Gasteiger partial charge is 0.324 e. The van der Waals surface area contributed by atoms with Crippen molar-refractivity contribution in [3.05, 3.63) is 58.6 Å². The van der Waals surface area contributed by atoms with E-state index in [9.17, 15) is 13.2 Å². The van der Waals surface area contributed by atoms with Crippen molar-refractivity contribution in [3.63, 3.8) is 0 Å². The second-order valence-electron chi connectivity index (χ2n) is 6.27. The van der Waals surface area contributed by atoms with Crippen LogP contribution in [0.15, 0.2) is 42.5 Å². The number of rotatable bonds is 6. The van der Waals surface area contributed by atoms with Crippen LogP contribution in [0.5, 0.6) is 0 Å². The number of amides is 1. The monoisotopic (exact) mass is 394 g/mol. The molecule has 0 aliphatic heterocycles. The highest BCUT2D eigenvalue weighted by molar-refractivity contribution is 7.92. The fourth-order valence-electron chi connectivity index (χ4n) is 2.82. The predicted molar refractivity (Wildman–Crippen MR) is 107 cm³/mol. The summed E-state index contributed by atoms with van der Waals surface area (Å²) in [6, 6.07) is 11.2. The minimum absolute atomic E-state index is 0.326. The Kier molecular flexibility index (Phi) is 6.31. The molecule has 26 heavy (non-hydrogen) atoms. The fourth-order valence-corrected chi connectivity index (χ4v) is 4.16. The van der Waals surface area contributed by atoms with Gasteiger partial charge in [-0.05, 0) is 56.2 Å². The van der Waals surface area contributed by atoms with Crippen LogP contribution in [-0.4, -0.2) is 26.6 Å². The van der Waals surface area contributed by atoms with Gasteiger partial charge in [0, 0.05) is 10.7 Å². The van der Waals surface area contributed by atoms with Gasteiger partial charge in [0.05, 0.1) is 11.9 Å². The van der Waals surface area contributed by atoms with Gasteiger partial charge in [0.2, 0.25) is 15.9 Å². The molecule has 0 aromatic heterocycles. The van der Waals surface area contributed by atoms with Crippen molar-refractivity contribution in [2.45, 2.75) is 33.2 Å². The standard InChI is InChI=1S/C19H23ClN2O3S/c1-5-18(19(23)21-17-11-6-13(2)12-14(17)3)22(26(4,24)25)16-9-7-15(20)8-10-16/h6-12,18H,5H2,1-4H3,(H,21,23)/t18-/m1/s1. The second-order valence-corrected chi connectivity index (χ2v) is 8.56. The maximum absolute atomic E-state index is 12.9. The number of benzene rings is 2. The quantitative estimate of drug-likeness (QED) is 0.800. The summed E-state index contributed by atoms with van der Waals surface area (Å²) in [7, 11) is -3.67. The van der Waals surface area contributed by atoms with E-state index < -0.39 is 16.1 Å². The maximum Gasteiger partial charge on any atom is 0.248 e. The number of nitrogens with one attached hydrogen (secondary N) is 1. The van der Waals surface area contributed by atoms with Gasteiger partial charge in [-0.2, -0.15) is 0 Å². The molecule has 1 atom stereocenters. The van der Waals surface area contributed by atoms with Gasteiger partial charge in [0.1, 0.15) is 6.04 Å². The molecule has 0 radical (unpaired) electrons. The van der Waals surface area contributed by atoms with E-state index in [0.717, 1.165) is 21.7 Å². The third-order valence-corrected chi connectivity index (χ3v) is 5.48. The Labute approximate surface area is 160 Å². The van der Waals surface area contributed by atoms with Gasteiger partial charge in [0.15, 0.2) is 0 Å². The van der Waals surface area contributed by atoms with Crippen molar-refractivity contribution in [3.8, 4) is 0 Å². The zero-order valence-electron chi connectivity index (χ0n) is 15.3. The lowest BCUT2D eigenvalue weighted by atomic mass is 10.1. The summed E-state index contributed by atoms with van der Waals surface area (Å²) in [6.45, 7) is 5.65. The van der Waals surface area contributed by atoms with E-state index in [4.69, 9.17) is 11.6 Å². The van der Waals surface area contributed by atoms with Crippen molar-refractivity contribution >= 4 is 38.9 Å². The summed E-state index contributed by atoms with van der Waals surface area (Å²) in [5.41, 5.74) is 3.08. The Morgan fingerprint density at radius 2 is 1.77 bits per heavy atom. The van der Waals surface area contributed by atoms with Crippen molar-refractivity contribution in [2.75, 3.05) is 15.9 Å². The van der Waals surface area contributed by atoms with E-state index in [2.05, 4.69) is 5.32 Å². The van der Waals surface area contributed by atoms with Crippen LogP contribution in [0.2, 0.25) is 5.02 Å². The second kappa shape index (κ2) is 8.10. The van der Waals surface area contributed by atoms with Crippen LogP contribution < -0.4 is 9.62 Å². The average molecular weight is 395 g/mol. The first kappa shape index (κ1) is 20.3. The molecular formula is C19H23ClN2O3S. The normalized spacial score (nSPS) is 12.5. The molecule has 140 valence electrons. The molecule has 5 nitrogen and oxygen atoms in total. The first-order valence-electron chi connectivity index (χ1n) is 8.26. The van der Waals surface area contributed by atoms with Gasteiger partial charge in [-0.3, -0.25) is 9.10 Å². The van der Waals surface area contributed by atoms with Gasteiger partial charge < -0.3 is 5.32 Å². The third-order valence-electron chi connectivity index (χ3n) is 4.05. The van der Waals surface area contributed by atoms with Crippen LogP contribution in [0.1, 0.15) is 24.5 Å². The predicted octanol–water partition coefficient (Wildman–Crippen LogP) is 4.14. The number of carbonyl (C=O) groups excluding carboxylic acids is 1. The molecule has 0 saturated heterocycles. The summed E-state index contributed by atoms with van der Waals surface area (Å²) < 4.78 is 25.9. The summed E-state index contributed by atoms with van der Waals surface area (Å²) in [5, 5.41) is 3.35. The van der Waals surface area contributed by atoms with E-state index in [1.165, 1.54) is 0 Å². The molecule has 0 spiro atoms. The average Bonchev–Trinajstić information content (AvgIpc) is 2.55. The summed E-state index contributed by atoms with van der Waals surface area (Å²) in [6.07, 6.45) is 1.42. The molecule has 1 N–H and O–H groups in total. The highest BCUT2D eigenvalue weighted by atomic mass is 35.5. The number of halogens is 1. The molecule has 2 aromatic rings. The van der Waals surface area contributed by atoms with Crippen LogP contribution >= 0.6 is 11.6 Å². The number of hydrogen-bond donors (Lipinski definition) is 1. The first-order valence-corrected chi connectivity index (χ1v) is 10.5. The van der Waals surface area contributed by atoms with Crippen LogP contribution in [0.25, 0.3) is 0 Å². The van der Waals surface area contributed by atoms with Crippen LogP contribution in [0.3, 0.4) is 0 Å². The van der Waals surface area contributed by atoms with E-state index in [1.807, 2.05) is 32.0 Å². The van der Waals surface area contributed by atoms with Crippen molar-refractivity contribution in [1.82, 2.24) is 0 Å². The number of hydrogen-bond acceptors (Lipinski definition) is 3. The van der Waals surface area contributed by atoms with E-state index in [-0.39, 0.29) is 5.91 Å². The molecular weight excluding hydrogens is 372 g/mol. The minimum Gasteiger partial charge on any atom is -0.324 e. The Bertz CT molecular complexity index is 896. The molecule has 2 rings (SSSR count). The van der Waals surface area contributed by atoms with Gasteiger partial charge in [-0.1, -0.05) is 36.2 Å². The lowest BCUT2D eigenvalue weighted by Gasteiger charge is -2.30. The third kappa shape index (κ3) is 4.77. The molecule has 0 saturated carbocycles. The smallest absolute Gasteiger partial charge is 0.248 e. The fraction of sp³-hybridized carbons (Fsp3) is 0.316. The van der Waals surface area contributed by atoms with Gasteiger partial charge >= 0.3 is 0 Å². The molecule has 7 heteroatoms. The van der Waals surface area contributed by atoms with Crippen LogP contribution in [0, 0.1) is 13.8 Å². The minimum atomic E-state index is -3.67. The van der Waals surface area contributed by atoms with Crippen molar-refractivity contribution < 1.29 is 13.2 Å². The Hall–Kier alpha value is -2.05. The van der Waals surface area contributed by atoms with Gasteiger partial charge in [-0.25, -0.2) is 8.42 Å². The van der Waals surface area contributed by atoms with E-state index in [1.54, 1.807) is 31.2 Å². The molecule has 0 fully saturated rings.